The minimum Gasteiger partial charge on any atom is -0.379 e. The smallest absolute Gasteiger partial charge is 0.121 e. The fourth-order valence-electron chi connectivity index (χ4n) is 6.09. The molecule has 0 aliphatic heterocycles. The van der Waals surface area contributed by atoms with Crippen LogP contribution in [0.3, 0.4) is 0 Å². The molecule has 11 nitrogen and oxygen atoms in total. The summed E-state index contributed by atoms with van der Waals surface area (Å²) in [7, 11) is 0. The van der Waals surface area contributed by atoms with E-state index in [1.54, 1.807) is 0 Å². The van der Waals surface area contributed by atoms with Crippen molar-refractivity contribution in [2.75, 3.05) is 26.3 Å². The van der Waals surface area contributed by atoms with Gasteiger partial charge in [0, 0.05) is 13.1 Å². The van der Waals surface area contributed by atoms with Crippen LogP contribution < -0.4 is 0 Å². The zero-order valence-electron chi connectivity index (χ0n) is 26.0. The maximum Gasteiger partial charge on any atom is 0.121 e. The van der Waals surface area contributed by atoms with Crippen molar-refractivity contribution in [3.8, 4) is 0 Å². The number of H-pyrrole nitrogens is 4. The van der Waals surface area contributed by atoms with E-state index in [1.165, 1.54) is 0 Å². The Morgan fingerprint density at radius 1 is 0.404 bits per heavy atom. The standard InChI is InChI=1S/C36H36N10O/c1-2-10-26-25(9-1)37-33(38-26)21-45(22-34-39-27-11-3-4-12-28(27)40-34)17-19-47-20-18-46(23-35-41-29-13-5-6-14-30(29)42-35)24-36-43-31-15-7-8-16-32(31)44-36/h1-16H,17-24H2,(H,37,38)(H,39,40)(H,41,42)(H,43,44). The molecule has 8 aromatic rings. The van der Waals surface area contributed by atoms with Crippen molar-refractivity contribution in [1.29, 1.82) is 0 Å². The van der Waals surface area contributed by atoms with E-state index >= 15 is 0 Å². The lowest BCUT2D eigenvalue weighted by atomic mass is 10.3. The minimum atomic E-state index is 0.573. The topological polar surface area (TPSA) is 130 Å². The molecule has 236 valence electrons. The van der Waals surface area contributed by atoms with Gasteiger partial charge in [-0.25, -0.2) is 19.9 Å². The van der Waals surface area contributed by atoms with Crippen LogP contribution in [0.15, 0.2) is 97.1 Å². The number of benzene rings is 4. The second-order valence-electron chi connectivity index (χ2n) is 11.8. The predicted molar refractivity (Wildman–Crippen MR) is 183 cm³/mol. The summed E-state index contributed by atoms with van der Waals surface area (Å²) in [6.07, 6.45) is 0. The van der Waals surface area contributed by atoms with Crippen molar-refractivity contribution in [1.82, 2.24) is 49.7 Å². The molecule has 0 atom stereocenters. The fraction of sp³-hybridized carbons (Fsp3) is 0.222. The average Bonchev–Trinajstić information content (AvgIpc) is 3.87. The van der Waals surface area contributed by atoms with Crippen LogP contribution in [0, 0.1) is 0 Å². The molecule has 0 amide bonds. The van der Waals surface area contributed by atoms with Crippen LogP contribution in [0.25, 0.3) is 44.1 Å². The number of nitrogens with one attached hydrogen (secondary N) is 4. The Balaban J connectivity index is 0.933. The van der Waals surface area contributed by atoms with E-state index in [9.17, 15) is 0 Å². The molecule has 0 radical (unpaired) electrons. The first-order valence-electron chi connectivity index (χ1n) is 16.0. The number of fused-ring (bicyclic) bond motifs is 4. The Morgan fingerprint density at radius 3 is 0.957 bits per heavy atom. The van der Waals surface area contributed by atoms with Crippen molar-refractivity contribution in [3.05, 3.63) is 120 Å². The molecule has 4 aromatic heterocycles. The number of imidazole rings is 4. The van der Waals surface area contributed by atoms with Gasteiger partial charge >= 0.3 is 0 Å². The van der Waals surface area contributed by atoms with Gasteiger partial charge in [0.2, 0.25) is 0 Å². The van der Waals surface area contributed by atoms with Gasteiger partial charge in [0.1, 0.15) is 23.3 Å². The fourth-order valence-corrected chi connectivity index (χ4v) is 6.09. The largest absolute Gasteiger partial charge is 0.379 e. The first kappa shape index (κ1) is 29.1. The Kier molecular flexibility index (Phi) is 8.14. The first-order chi connectivity index (χ1) is 23.2. The molecular weight excluding hydrogens is 588 g/mol. The van der Waals surface area contributed by atoms with Crippen molar-refractivity contribution < 1.29 is 4.74 Å². The molecule has 0 fully saturated rings. The van der Waals surface area contributed by atoms with Crippen LogP contribution in [-0.2, 0) is 30.9 Å². The molecule has 4 N–H and O–H groups in total. The van der Waals surface area contributed by atoms with Crippen molar-refractivity contribution in [3.63, 3.8) is 0 Å². The van der Waals surface area contributed by atoms with Crippen LogP contribution in [0.2, 0.25) is 0 Å². The summed E-state index contributed by atoms with van der Waals surface area (Å²) in [5, 5.41) is 0. The van der Waals surface area contributed by atoms with Crippen molar-refractivity contribution in [2.24, 2.45) is 0 Å². The van der Waals surface area contributed by atoms with E-state index in [0.29, 0.717) is 39.4 Å². The lowest BCUT2D eigenvalue weighted by Crippen LogP contribution is -2.30. The highest BCUT2D eigenvalue weighted by Crippen LogP contribution is 2.17. The van der Waals surface area contributed by atoms with Gasteiger partial charge in [-0.1, -0.05) is 48.5 Å². The quantitative estimate of drug-likeness (QED) is 0.111. The van der Waals surface area contributed by atoms with Crippen LogP contribution in [0.1, 0.15) is 23.3 Å². The van der Waals surface area contributed by atoms with Crippen molar-refractivity contribution in [2.45, 2.75) is 26.2 Å². The van der Waals surface area contributed by atoms with E-state index in [-0.39, 0.29) is 0 Å². The van der Waals surface area contributed by atoms with Crippen LogP contribution in [0.5, 0.6) is 0 Å². The molecule has 0 saturated heterocycles. The van der Waals surface area contributed by atoms with Gasteiger partial charge in [0.05, 0.1) is 83.5 Å². The van der Waals surface area contributed by atoms with Crippen LogP contribution in [-0.4, -0.2) is 76.0 Å². The number of hydrogen-bond donors (Lipinski definition) is 4. The predicted octanol–water partition coefficient (Wildman–Crippen LogP) is 5.91. The minimum absolute atomic E-state index is 0.573. The number of rotatable bonds is 14. The summed E-state index contributed by atoms with van der Waals surface area (Å²) in [6.45, 7) is 5.20. The SMILES string of the molecule is c1ccc2[nH]c(CN(CCOCCN(Cc3nc4ccccc4[nH]3)Cc3nc4ccccc4[nH]3)Cc3nc4ccccc4[nH]3)nc2c1. The summed E-state index contributed by atoms with van der Waals surface area (Å²) in [6, 6.07) is 32.5. The van der Waals surface area contributed by atoms with E-state index in [4.69, 9.17) is 24.7 Å². The van der Waals surface area contributed by atoms with Gasteiger partial charge in [0.15, 0.2) is 0 Å². The van der Waals surface area contributed by atoms with E-state index in [1.807, 2.05) is 72.8 Å². The molecule has 47 heavy (non-hydrogen) atoms. The number of aromatic nitrogens is 8. The third kappa shape index (κ3) is 6.77. The molecule has 8 rings (SSSR count). The summed E-state index contributed by atoms with van der Waals surface area (Å²) >= 11 is 0. The lowest BCUT2D eigenvalue weighted by molar-refractivity contribution is 0.0736. The molecule has 4 aromatic carbocycles. The molecule has 0 aliphatic rings. The molecule has 11 heteroatoms. The van der Waals surface area contributed by atoms with Gasteiger partial charge < -0.3 is 24.7 Å². The number of para-hydroxylation sites is 8. The highest BCUT2D eigenvalue weighted by Gasteiger charge is 2.15. The lowest BCUT2D eigenvalue weighted by Gasteiger charge is -2.22. The summed E-state index contributed by atoms with van der Waals surface area (Å²) in [4.78, 5) is 37.8. The van der Waals surface area contributed by atoms with Crippen LogP contribution >= 0.6 is 0 Å². The Morgan fingerprint density at radius 2 is 0.681 bits per heavy atom. The number of ether oxygens (including phenoxy) is 1. The third-order valence-corrected chi connectivity index (χ3v) is 8.35. The third-order valence-electron chi connectivity index (χ3n) is 8.35. The summed E-state index contributed by atoms with van der Waals surface area (Å²) in [5.41, 5.74) is 8.03. The van der Waals surface area contributed by atoms with E-state index in [0.717, 1.165) is 80.5 Å². The Bertz CT molecular complexity index is 1800. The summed E-state index contributed by atoms with van der Waals surface area (Å²) < 4.78 is 6.28. The second-order valence-corrected chi connectivity index (χ2v) is 11.8. The summed E-state index contributed by atoms with van der Waals surface area (Å²) in [5.74, 6) is 3.69. The van der Waals surface area contributed by atoms with Gasteiger partial charge in [-0.15, -0.1) is 0 Å². The highest BCUT2D eigenvalue weighted by atomic mass is 16.5. The number of nitrogens with zero attached hydrogens (tertiary/aromatic N) is 6. The zero-order chi connectivity index (χ0) is 31.4. The Labute approximate surface area is 271 Å². The number of hydrogen-bond acceptors (Lipinski definition) is 7. The molecular formula is C36H36N10O. The van der Waals surface area contributed by atoms with Gasteiger partial charge in [-0.05, 0) is 48.5 Å². The molecule has 0 saturated carbocycles. The molecule has 4 heterocycles. The molecule has 0 unspecified atom stereocenters. The first-order valence-corrected chi connectivity index (χ1v) is 16.0. The van der Waals surface area contributed by atoms with E-state index in [2.05, 4.69) is 54.0 Å². The molecule has 0 bridgehead atoms. The number of aromatic amines is 4. The average molecular weight is 625 g/mol. The monoisotopic (exact) mass is 624 g/mol. The van der Waals surface area contributed by atoms with Gasteiger partial charge in [0.25, 0.3) is 0 Å². The van der Waals surface area contributed by atoms with Crippen LogP contribution in [0.4, 0.5) is 0 Å². The maximum absolute atomic E-state index is 6.28. The zero-order valence-corrected chi connectivity index (χ0v) is 26.0. The van der Waals surface area contributed by atoms with Gasteiger partial charge in [-0.2, -0.15) is 0 Å². The normalized spacial score (nSPS) is 12.1. The Hall–Kier alpha value is -5.36. The maximum atomic E-state index is 6.28. The molecule has 0 aliphatic carbocycles. The molecule has 0 spiro atoms. The van der Waals surface area contributed by atoms with Crippen molar-refractivity contribution >= 4 is 44.1 Å². The van der Waals surface area contributed by atoms with E-state index < -0.39 is 0 Å². The second kappa shape index (κ2) is 13.2. The van der Waals surface area contributed by atoms with Gasteiger partial charge in [-0.3, -0.25) is 9.80 Å². The highest BCUT2D eigenvalue weighted by molar-refractivity contribution is 5.76.